The summed E-state index contributed by atoms with van der Waals surface area (Å²) in [7, 11) is 0. The molecule has 0 unspecified atom stereocenters. The minimum atomic E-state index is -1.01. The number of aromatic nitrogens is 4. The van der Waals surface area contributed by atoms with Crippen LogP contribution >= 0.6 is 11.6 Å². The van der Waals surface area contributed by atoms with Gasteiger partial charge in [0, 0.05) is 6.20 Å². The van der Waals surface area contributed by atoms with Crippen LogP contribution in [0.4, 0.5) is 5.69 Å². The first-order valence-corrected chi connectivity index (χ1v) is 6.48. The van der Waals surface area contributed by atoms with Gasteiger partial charge in [0.2, 0.25) is 5.91 Å². The lowest BCUT2D eigenvalue weighted by molar-refractivity contribution is -0.137. The van der Waals surface area contributed by atoms with Gasteiger partial charge < -0.3 is 10.4 Å². The van der Waals surface area contributed by atoms with Gasteiger partial charge in [0.25, 0.3) is 0 Å². The molecular formula is C12H14ClN5O3. The number of hydrogen-bond donors (Lipinski definition) is 2. The average Bonchev–Trinajstić information content (AvgIpc) is 2.90. The Kier molecular flexibility index (Phi) is 4.27. The maximum Gasteiger partial charge on any atom is 0.325 e. The highest BCUT2D eigenvalue weighted by Crippen LogP contribution is 2.18. The fourth-order valence-corrected chi connectivity index (χ4v) is 1.95. The second kappa shape index (κ2) is 5.96. The third-order valence-electron chi connectivity index (χ3n) is 2.80. The van der Waals surface area contributed by atoms with E-state index in [-0.39, 0.29) is 19.0 Å². The van der Waals surface area contributed by atoms with Crippen molar-refractivity contribution >= 4 is 29.2 Å². The number of amides is 1. The predicted molar refractivity (Wildman–Crippen MR) is 75.2 cm³/mol. The summed E-state index contributed by atoms with van der Waals surface area (Å²) < 4.78 is 2.73. The molecule has 2 rings (SSSR count). The number of carboxylic acids is 1. The number of hydrogen-bond acceptors (Lipinski definition) is 4. The van der Waals surface area contributed by atoms with Crippen molar-refractivity contribution in [2.45, 2.75) is 26.9 Å². The van der Waals surface area contributed by atoms with Gasteiger partial charge in [0.1, 0.15) is 13.1 Å². The van der Waals surface area contributed by atoms with Crippen LogP contribution in [0, 0.1) is 13.8 Å². The van der Waals surface area contributed by atoms with Crippen LogP contribution in [0.2, 0.25) is 5.02 Å². The van der Waals surface area contributed by atoms with Crippen LogP contribution in [0.3, 0.4) is 0 Å². The maximum atomic E-state index is 11.9. The Morgan fingerprint density at radius 2 is 2.10 bits per heavy atom. The molecule has 0 atom stereocenters. The molecule has 8 nitrogen and oxygen atoms in total. The zero-order valence-corrected chi connectivity index (χ0v) is 12.3. The Morgan fingerprint density at radius 1 is 1.38 bits per heavy atom. The topological polar surface area (TPSA) is 102 Å². The number of rotatable bonds is 5. The third kappa shape index (κ3) is 3.60. The molecule has 0 saturated carbocycles. The molecule has 0 aliphatic heterocycles. The number of aliphatic carboxylic acids is 1. The van der Waals surface area contributed by atoms with Gasteiger partial charge >= 0.3 is 5.97 Å². The van der Waals surface area contributed by atoms with Crippen molar-refractivity contribution in [1.82, 2.24) is 19.6 Å². The molecule has 9 heteroatoms. The molecule has 0 aliphatic rings. The first kappa shape index (κ1) is 15.0. The Labute approximate surface area is 125 Å². The second-order valence-corrected chi connectivity index (χ2v) is 4.89. The van der Waals surface area contributed by atoms with Gasteiger partial charge in [0.15, 0.2) is 0 Å². The predicted octanol–water partition coefficient (Wildman–Crippen LogP) is 1.07. The SMILES string of the molecule is Cc1nn(CC(=O)Nc2cnn(CC(=O)O)c2)c(C)c1Cl. The highest BCUT2D eigenvalue weighted by molar-refractivity contribution is 6.31. The number of carbonyl (C=O) groups is 2. The molecule has 2 N–H and O–H groups in total. The van der Waals surface area contributed by atoms with Gasteiger partial charge in [-0.25, -0.2) is 0 Å². The van der Waals surface area contributed by atoms with E-state index < -0.39 is 5.97 Å². The smallest absolute Gasteiger partial charge is 0.325 e. The van der Waals surface area contributed by atoms with Gasteiger partial charge in [0.05, 0.1) is 28.3 Å². The van der Waals surface area contributed by atoms with Crippen molar-refractivity contribution in [2.24, 2.45) is 0 Å². The monoisotopic (exact) mass is 311 g/mol. The Balaban J connectivity index is 2.00. The number of nitrogens with one attached hydrogen (secondary N) is 1. The lowest BCUT2D eigenvalue weighted by atomic mass is 10.4. The molecule has 0 radical (unpaired) electrons. The molecule has 112 valence electrons. The summed E-state index contributed by atoms with van der Waals surface area (Å²) in [5.74, 6) is -1.31. The summed E-state index contributed by atoms with van der Waals surface area (Å²) in [4.78, 5) is 22.5. The van der Waals surface area contributed by atoms with Gasteiger partial charge in [-0.3, -0.25) is 19.0 Å². The number of carbonyl (C=O) groups excluding carboxylic acids is 1. The second-order valence-electron chi connectivity index (χ2n) is 4.51. The highest BCUT2D eigenvalue weighted by Gasteiger charge is 2.13. The number of aryl methyl sites for hydroxylation is 1. The third-order valence-corrected chi connectivity index (χ3v) is 3.35. The summed E-state index contributed by atoms with van der Waals surface area (Å²) in [5, 5.41) is 19.8. The number of anilines is 1. The van der Waals surface area contributed by atoms with E-state index in [1.165, 1.54) is 21.8 Å². The molecule has 0 aromatic carbocycles. The fraction of sp³-hybridized carbons (Fsp3) is 0.333. The van der Waals surface area contributed by atoms with Crippen molar-refractivity contribution in [2.75, 3.05) is 5.32 Å². The first-order chi connectivity index (χ1) is 9.86. The van der Waals surface area contributed by atoms with E-state index in [4.69, 9.17) is 16.7 Å². The quantitative estimate of drug-likeness (QED) is 0.860. The zero-order chi connectivity index (χ0) is 15.6. The van der Waals surface area contributed by atoms with Crippen LogP contribution in [0.25, 0.3) is 0 Å². The van der Waals surface area contributed by atoms with E-state index in [1.807, 2.05) is 0 Å². The van der Waals surface area contributed by atoms with Crippen LogP contribution in [-0.4, -0.2) is 36.5 Å². The summed E-state index contributed by atoms with van der Waals surface area (Å²) >= 11 is 6.01. The van der Waals surface area contributed by atoms with Gasteiger partial charge in [-0.15, -0.1) is 0 Å². The molecule has 2 aromatic rings. The van der Waals surface area contributed by atoms with Crippen molar-refractivity contribution in [3.8, 4) is 0 Å². The van der Waals surface area contributed by atoms with Crippen LogP contribution in [0.15, 0.2) is 12.4 Å². The van der Waals surface area contributed by atoms with Crippen molar-refractivity contribution in [3.63, 3.8) is 0 Å². The maximum absolute atomic E-state index is 11.9. The molecule has 2 heterocycles. The van der Waals surface area contributed by atoms with Crippen molar-refractivity contribution in [1.29, 1.82) is 0 Å². The minimum Gasteiger partial charge on any atom is -0.480 e. The van der Waals surface area contributed by atoms with E-state index in [0.29, 0.717) is 22.1 Å². The van der Waals surface area contributed by atoms with E-state index in [2.05, 4.69) is 15.5 Å². The fourth-order valence-electron chi connectivity index (χ4n) is 1.82. The Bertz CT molecular complexity index is 691. The molecule has 0 saturated heterocycles. The summed E-state index contributed by atoms with van der Waals surface area (Å²) in [6, 6.07) is 0. The lowest BCUT2D eigenvalue weighted by Crippen LogP contribution is -2.20. The molecule has 1 amide bonds. The molecule has 0 fully saturated rings. The van der Waals surface area contributed by atoms with Crippen LogP contribution < -0.4 is 5.32 Å². The van der Waals surface area contributed by atoms with E-state index in [9.17, 15) is 9.59 Å². The average molecular weight is 312 g/mol. The van der Waals surface area contributed by atoms with Crippen molar-refractivity contribution < 1.29 is 14.7 Å². The number of carboxylic acid groups (broad SMARTS) is 1. The zero-order valence-electron chi connectivity index (χ0n) is 11.5. The number of halogens is 1. The minimum absolute atomic E-state index is 0.0174. The summed E-state index contributed by atoms with van der Waals surface area (Å²) in [5.41, 5.74) is 1.80. The van der Waals surface area contributed by atoms with E-state index in [0.717, 1.165) is 0 Å². The molecule has 0 spiro atoms. The van der Waals surface area contributed by atoms with E-state index >= 15 is 0 Å². The highest BCUT2D eigenvalue weighted by atomic mass is 35.5. The normalized spacial score (nSPS) is 10.6. The lowest BCUT2D eigenvalue weighted by Gasteiger charge is -2.04. The van der Waals surface area contributed by atoms with Crippen molar-refractivity contribution in [3.05, 3.63) is 28.8 Å². The summed E-state index contributed by atoms with van der Waals surface area (Å²) in [6.45, 7) is 3.30. The standard InChI is InChI=1S/C12H14ClN5O3/c1-7-12(13)8(2)18(16-7)5-10(19)15-9-3-14-17(4-9)6-11(20)21/h3-4H,5-6H2,1-2H3,(H,15,19)(H,20,21). The largest absolute Gasteiger partial charge is 0.480 e. The summed E-state index contributed by atoms with van der Waals surface area (Å²) in [6.07, 6.45) is 2.83. The first-order valence-electron chi connectivity index (χ1n) is 6.10. The molecule has 0 aliphatic carbocycles. The Morgan fingerprint density at radius 3 is 2.67 bits per heavy atom. The Hall–Kier alpha value is -2.35. The molecular weight excluding hydrogens is 298 g/mol. The number of nitrogens with zero attached hydrogens (tertiary/aromatic N) is 4. The van der Waals surface area contributed by atoms with Gasteiger partial charge in [-0.2, -0.15) is 10.2 Å². The van der Waals surface area contributed by atoms with Crippen LogP contribution in [0.1, 0.15) is 11.4 Å². The molecule has 21 heavy (non-hydrogen) atoms. The molecule has 2 aromatic heterocycles. The van der Waals surface area contributed by atoms with Crippen LogP contribution in [-0.2, 0) is 22.7 Å². The van der Waals surface area contributed by atoms with Gasteiger partial charge in [-0.05, 0) is 13.8 Å². The van der Waals surface area contributed by atoms with Crippen LogP contribution in [0.5, 0.6) is 0 Å². The van der Waals surface area contributed by atoms with Gasteiger partial charge in [-0.1, -0.05) is 11.6 Å². The molecule has 0 bridgehead atoms. The van der Waals surface area contributed by atoms with E-state index in [1.54, 1.807) is 13.8 Å².